The first-order valence-corrected chi connectivity index (χ1v) is 15.3. The first-order valence-electron chi connectivity index (χ1n) is 14.1. The van der Waals surface area contributed by atoms with Gasteiger partial charge in [-0.2, -0.15) is 10.4 Å². The van der Waals surface area contributed by atoms with Crippen molar-refractivity contribution in [1.29, 1.82) is 5.26 Å². The third-order valence-electron chi connectivity index (χ3n) is 8.58. The third kappa shape index (κ3) is 5.12. The molecular formula is C30H32ClN7O2S. The van der Waals surface area contributed by atoms with Crippen molar-refractivity contribution in [2.45, 2.75) is 51.4 Å². The van der Waals surface area contributed by atoms with Gasteiger partial charge in [-0.15, -0.1) is 11.3 Å². The number of aliphatic hydroxyl groups excluding tert-OH is 2. The van der Waals surface area contributed by atoms with E-state index in [4.69, 9.17) is 11.6 Å². The molecule has 3 aromatic heterocycles. The van der Waals surface area contributed by atoms with Crippen molar-refractivity contribution in [2.75, 3.05) is 19.6 Å². The van der Waals surface area contributed by atoms with Gasteiger partial charge >= 0.3 is 0 Å². The Hall–Kier alpha value is -3.04. The van der Waals surface area contributed by atoms with Crippen molar-refractivity contribution in [2.24, 2.45) is 16.4 Å². The monoisotopic (exact) mass is 589 g/mol. The molecule has 1 saturated heterocycles. The van der Waals surface area contributed by atoms with Crippen LogP contribution in [0, 0.1) is 22.7 Å². The zero-order valence-electron chi connectivity index (χ0n) is 22.6. The van der Waals surface area contributed by atoms with E-state index in [1.165, 1.54) is 6.21 Å². The smallest absolute Gasteiger partial charge is 0.204 e. The molecule has 1 saturated carbocycles. The lowest BCUT2D eigenvalue weighted by atomic mass is 9.80. The summed E-state index contributed by atoms with van der Waals surface area (Å²) < 4.78 is 3.23. The maximum Gasteiger partial charge on any atom is 0.204 e. The topological polar surface area (TPSA) is 113 Å². The molecule has 212 valence electrons. The number of benzene rings is 1. The number of nitriles is 1. The van der Waals surface area contributed by atoms with Crippen LogP contribution >= 0.6 is 22.9 Å². The fourth-order valence-electron chi connectivity index (χ4n) is 6.12. The van der Waals surface area contributed by atoms with Crippen LogP contribution in [0.4, 0.5) is 0 Å². The van der Waals surface area contributed by atoms with Gasteiger partial charge in [-0.05, 0) is 75.0 Å². The quantitative estimate of drug-likeness (QED) is 0.289. The number of fused-ring (bicyclic) bond motifs is 2. The van der Waals surface area contributed by atoms with Gasteiger partial charge in [0.15, 0.2) is 0 Å². The molecule has 3 aliphatic rings. The van der Waals surface area contributed by atoms with Crippen LogP contribution in [0.3, 0.4) is 0 Å². The first-order chi connectivity index (χ1) is 19.9. The second-order valence-corrected chi connectivity index (χ2v) is 13.1. The Bertz CT molecular complexity index is 1670. The summed E-state index contributed by atoms with van der Waals surface area (Å²) in [5.41, 5.74) is 3.52. The molecule has 11 heteroatoms. The molecule has 2 fully saturated rings. The Kier molecular flexibility index (Phi) is 6.98. The SMILES string of the molecule is N#CC1(Cn2ccc3cc(Cl)cc(-c4ccnc5cc(CN6C(O)C=NN(CC7CC7)C6O)sc45)c32)CCNCC1. The lowest BCUT2D eigenvalue weighted by Gasteiger charge is -2.39. The molecule has 1 aromatic carbocycles. The van der Waals surface area contributed by atoms with Crippen molar-refractivity contribution in [3.8, 4) is 17.2 Å². The highest BCUT2D eigenvalue weighted by Gasteiger charge is 2.35. The van der Waals surface area contributed by atoms with E-state index in [0.29, 0.717) is 30.6 Å². The molecule has 5 heterocycles. The van der Waals surface area contributed by atoms with Gasteiger partial charge < -0.3 is 20.1 Å². The lowest BCUT2D eigenvalue weighted by molar-refractivity contribution is -0.169. The van der Waals surface area contributed by atoms with E-state index in [1.54, 1.807) is 21.2 Å². The Balaban J connectivity index is 1.25. The van der Waals surface area contributed by atoms with E-state index < -0.39 is 18.0 Å². The summed E-state index contributed by atoms with van der Waals surface area (Å²) in [6.07, 6.45) is 7.34. The molecular weight excluding hydrogens is 558 g/mol. The molecule has 9 nitrogen and oxygen atoms in total. The van der Waals surface area contributed by atoms with Crippen LogP contribution in [0.5, 0.6) is 0 Å². The van der Waals surface area contributed by atoms with E-state index >= 15 is 0 Å². The van der Waals surface area contributed by atoms with Crippen LogP contribution in [0.25, 0.3) is 32.2 Å². The zero-order valence-corrected chi connectivity index (χ0v) is 24.2. The number of halogens is 1. The molecule has 0 bridgehead atoms. The summed E-state index contributed by atoms with van der Waals surface area (Å²) >= 11 is 8.24. The molecule has 2 aliphatic heterocycles. The van der Waals surface area contributed by atoms with E-state index in [1.807, 2.05) is 30.5 Å². The molecule has 2 unspecified atom stereocenters. The van der Waals surface area contributed by atoms with E-state index in [2.05, 4.69) is 38.3 Å². The minimum atomic E-state index is -0.994. The lowest BCUT2D eigenvalue weighted by Crippen LogP contribution is -2.54. The van der Waals surface area contributed by atoms with Crippen molar-refractivity contribution >= 4 is 50.3 Å². The molecule has 1 aliphatic carbocycles. The number of piperidine rings is 1. The highest BCUT2D eigenvalue weighted by molar-refractivity contribution is 7.19. The van der Waals surface area contributed by atoms with Crippen LogP contribution in [-0.4, -0.2) is 68.1 Å². The van der Waals surface area contributed by atoms with Gasteiger partial charge in [0.2, 0.25) is 6.35 Å². The van der Waals surface area contributed by atoms with Crippen LogP contribution in [-0.2, 0) is 13.1 Å². The second-order valence-electron chi connectivity index (χ2n) is 11.5. The maximum atomic E-state index is 11.0. The summed E-state index contributed by atoms with van der Waals surface area (Å²) in [4.78, 5) is 7.27. The van der Waals surface area contributed by atoms with Crippen molar-refractivity contribution in [3.05, 3.63) is 52.6 Å². The highest BCUT2D eigenvalue weighted by atomic mass is 35.5. The number of pyridine rings is 1. The number of hydrazone groups is 1. The predicted octanol–water partition coefficient (Wildman–Crippen LogP) is 4.57. The van der Waals surface area contributed by atoms with E-state index in [9.17, 15) is 15.5 Å². The summed E-state index contributed by atoms with van der Waals surface area (Å²) in [6.45, 7) is 3.36. The molecule has 0 radical (unpaired) electrons. The van der Waals surface area contributed by atoms with Gasteiger partial charge in [-0.1, -0.05) is 11.6 Å². The molecule has 2 atom stereocenters. The summed E-state index contributed by atoms with van der Waals surface area (Å²) in [6, 6.07) is 12.7. The summed E-state index contributed by atoms with van der Waals surface area (Å²) in [5, 5.41) is 42.8. The maximum absolute atomic E-state index is 11.0. The molecule has 0 amide bonds. The average molecular weight is 590 g/mol. The third-order valence-corrected chi connectivity index (χ3v) is 9.94. The van der Waals surface area contributed by atoms with Gasteiger partial charge in [0.1, 0.15) is 6.23 Å². The minimum Gasteiger partial charge on any atom is -0.373 e. The van der Waals surface area contributed by atoms with E-state index in [0.717, 1.165) is 75.9 Å². The van der Waals surface area contributed by atoms with Crippen LogP contribution < -0.4 is 5.32 Å². The first kappa shape index (κ1) is 26.8. The fourth-order valence-corrected chi connectivity index (χ4v) is 7.50. The standard InChI is InChI=1S/C30H32ClN7O2S/c31-21-11-20-4-10-36(18-30(17-32)5-8-33-9-6-30)27(20)24(12-21)23-3-7-34-25-13-22(41-28(23)25)16-37-26(39)14-35-38(29(37)40)15-19-1-2-19/h3-4,7,10-14,19,26,29,33,39-40H,1-2,5-6,8-9,15-16,18H2. The zero-order chi connectivity index (χ0) is 28.1. The average Bonchev–Trinajstić information content (AvgIpc) is 3.56. The highest BCUT2D eigenvalue weighted by Crippen LogP contribution is 2.41. The van der Waals surface area contributed by atoms with Crippen molar-refractivity contribution in [1.82, 2.24) is 24.8 Å². The van der Waals surface area contributed by atoms with E-state index in [-0.39, 0.29) is 0 Å². The van der Waals surface area contributed by atoms with Crippen molar-refractivity contribution < 1.29 is 10.2 Å². The van der Waals surface area contributed by atoms with Crippen LogP contribution in [0.15, 0.2) is 47.8 Å². The predicted molar refractivity (Wildman–Crippen MR) is 161 cm³/mol. The molecule has 0 spiro atoms. The van der Waals surface area contributed by atoms with Crippen LogP contribution in [0.1, 0.15) is 30.6 Å². The van der Waals surface area contributed by atoms with Gasteiger partial charge in [-0.25, -0.2) is 4.90 Å². The molecule has 3 N–H and O–H groups in total. The number of nitrogens with zero attached hydrogens (tertiary/aromatic N) is 6. The second kappa shape index (κ2) is 10.7. The fraction of sp³-hybridized carbons (Fsp3) is 0.433. The Morgan fingerprint density at radius 2 is 1.98 bits per heavy atom. The number of aromatic nitrogens is 2. The minimum absolute atomic E-state index is 0.357. The number of rotatable bonds is 7. The Labute approximate surface area is 247 Å². The summed E-state index contributed by atoms with van der Waals surface area (Å²) in [5.74, 6) is 0.557. The number of nitrogens with one attached hydrogen (secondary N) is 1. The number of hydrogen-bond donors (Lipinski definition) is 3. The van der Waals surface area contributed by atoms with Crippen LogP contribution in [0.2, 0.25) is 5.02 Å². The van der Waals surface area contributed by atoms with Gasteiger partial charge in [-0.3, -0.25) is 9.99 Å². The molecule has 7 rings (SSSR count). The largest absolute Gasteiger partial charge is 0.373 e. The number of thiophene rings is 1. The van der Waals surface area contributed by atoms with Gasteiger partial charge in [0.05, 0.1) is 33.4 Å². The van der Waals surface area contributed by atoms with Gasteiger partial charge in [0.25, 0.3) is 0 Å². The number of hydrogen-bond acceptors (Lipinski definition) is 9. The molecule has 4 aromatic rings. The summed E-state index contributed by atoms with van der Waals surface area (Å²) in [7, 11) is 0. The van der Waals surface area contributed by atoms with Gasteiger partial charge in [0, 0.05) is 58.4 Å². The van der Waals surface area contributed by atoms with Crippen molar-refractivity contribution in [3.63, 3.8) is 0 Å². The Morgan fingerprint density at radius 1 is 1.15 bits per heavy atom. The molecule has 41 heavy (non-hydrogen) atoms. The number of aliphatic hydroxyl groups is 2. The Morgan fingerprint density at radius 3 is 2.76 bits per heavy atom. The normalized spacial score (nSPS) is 22.9.